The van der Waals surface area contributed by atoms with E-state index >= 15 is 0 Å². The molecule has 2 aromatic carbocycles. The third kappa shape index (κ3) is 6.71. The van der Waals surface area contributed by atoms with Crippen LogP contribution >= 0.6 is 11.6 Å². The summed E-state index contributed by atoms with van der Waals surface area (Å²) in [6.45, 7) is 0.514. The predicted molar refractivity (Wildman–Crippen MR) is 112 cm³/mol. The standard InChI is InChI=1S/C21H23ClF2N2O5/c1-11(2)18(26-19(27)12-7-14(29-3)10-15(8-12)30-4)20(28)25-13-5-6-17(16(22)9-13)31-21(23)24/h5-11,18,21H,1-4H3,(H,25,28)(H,26,27). The summed E-state index contributed by atoms with van der Waals surface area (Å²) in [5, 5.41) is 5.21. The molecule has 0 aromatic heterocycles. The first-order chi connectivity index (χ1) is 14.6. The molecule has 0 aliphatic carbocycles. The fourth-order valence-electron chi connectivity index (χ4n) is 2.69. The van der Waals surface area contributed by atoms with Gasteiger partial charge in [0.25, 0.3) is 5.91 Å². The Hall–Kier alpha value is -3.07. The van der Waals surface area contributed by atoms with Gasteiger partial charge in [0.15, 0.2) is 0 Å². The van der Waals surface area contributed by atoms with Crippen molar-refractivity contribution < 1.29 is 32.6 Å². The van der Waals surface area contributed by atoms with Crippen molar-refractivity contribution in [2.45, 2.75) is 26.5 Å². The van der Waals surface area contributed by atoms with E-state index in [0.717, 1.165) is 0 Å². The molecule has 7 nitrogen and oxygen atoms in total. The Kier molecular flexibility index (Phi) is 8.44. The fraction of sp³-hybridized carbons (Fsp3) is 0.333. The van der Waals surface area contributed by atoms with Crippen LogP contribution in [-0.2, 0) is 4.79 Å². The SMILES string of the molecule is COc1cc(OC)cc(C(=O)NC(C(=O)Nc2ccc(OC(F)F)c(Cl)c2)C(C)C)c1. The van der Waals surface area contributed by atoms with Crippen molar-refractivity contribution >= 4 is 29.1 Å². The van der Waals surface area contributed by atoms with E-state index < -0.39 is 24.5 Å². The maximum atomic E-state index is 12.8. The van der Waals surface area contributed by atoms with Gasteiger partial charge in [-0.05, 0) is 36.2 Å². The molecule has 0 spiro atoms. The van der Waals surface area contributed by atoms with Crippen molar-refractivity contribution in [2.75, 3.05) is 19.5 Å². The van der Waals surface area contributed by atoms with Crippen molar-refractivity contribution in [2.24, 2.45) is 5.92 Å². The Morgan fingerprint density at radius 2 is 1.61 bits per heavy atom. The van der Waals surface area contributed by atoms with Gasteiger partial charge in [-0.3, -0.25) is 9.59 Å². The Labute approximate surface area is 183 Å². The van der Waals surface area contributed by atoms with Gasteiger partial charge >= 0.3 is 6.61 Å². The molecule has 0 saturated carbocycles. The van der Waals surface area contributed by atoms with Crippen molar-refractivity contribution in [1.82, 2.24) is 5.32 Å². The molecule has 0 aliphatic rings. The lowest BCUT2D eigenvalue weighted by Gasteiger charge is -2.22. The summed E-state index contributed by atoms with van der Waals surface area (Å²) in [6.07, 6.45) is 0. The van der Waals surface area contributed by atoms with Gasteiger partial charge in [-0.1, -0.05) is 25.4 Å². The molecule has 2 N–H and O–H groups in total. The molecule has 2 rings (SSSR count). The average molecular weight is 457 g/mol. The third-order valence-corrected chi connectivity index (χ3v) is 4.56. The lowest BCUT2D eigenvalue weighted by Crippen LogP contribution is -2.47. The second-order valence-corrected chi connectivity index (χ2v) is 7.22. The second kappa shape index (κ2) is 10.8. The molecule has 2 amide bonds. The number of anilines is 1. The number of hydrogen-bond donors (Lipinski definition) is 2. The molecule has 10 heteroatoms. The first-order valence-corrected chi connectivity index (χ1v) is 9.61. The molecule has 0 bridgehead atoms. The fourth-order valence-corrected chi connectivity index (χ4v) is 2.91. The van der Waals surface area contributed by atoms with E-state index in [-0.39, 0.29) is 27.9 Å². The van der Waals surface area contributed by atoms with Crippen molar-refractivity contribution in [1.29, 1.82) is 0 Å². The first-order valence-electron chi connectivity index (χ1n) is 9.23. The maximum absolute atomic E-state index is 12.8. The number of carbonyl (C=O) groups excluding carboxylic acids is 2. The molecule has 0 aliphatic heterocycles. The highest BCUT2D eigenvalue weighted by Crippen LogP contribution is 2.29. The smallest absolute Gasteiger partial charge is 0.387 e. The Balaban J connectivity index is 2.16. The monoisotopic (exact) mass is 456 g/mol. The predicted octanol–water partition coefficient (Wildman–Crippen LogP) is 4.35. The number of alkyl halides is 2. The summed E-state index contributed by atoms with van der Waals surface area (Å²) >= 11 is 5.92. The molecule has 1 unspecified atom stereocenters. The minimum absolute atomic E-state index is 0.0910. The number of halogens is 3. The van der Waals surface area contributed by atoms with Crippen molar-refractivity contribution in [3.63, 3.8) is 0 Å². The van der Waals surface area contributed by atoms with E-state index in [1.165, 1.54) is 44.6 Å². The highest BCUT2D eigenvalue weighted by atomic mass is 35.5. The van der Waals surface area contributed by atoms with E-state index in [4.69, 9.17) is 21.1 Å². The zero-order chi connectivity index (χ0) is 23.1. The normalized spacial score (nSPS) is 11.8. The summed E-state index contributed by atoms with van der Waals surface area (Å²) in [4.78, 5) is 25.5. The number of rotatable bonds is 9. The van der Waals surface area contributed by atoms with Gasteiger partial charge in [-0.2, -0.15) is 8.78 Å². The summed E-state index contributed by atoms with van der Waals surface area (Å²) < 4.78 is 39.3. The van der Waals surface area contributed by atoms with E-state index in [1.54, 1.807) is 19.9 Å². The largest absolute Gasteiger partial charge is 0.497 e. The Morgan fingerprint density at radius 1 is 1.00 bits per heavy atom. The van der Waals surface area contributed by atoms with Crippen molar-refractivity contribution in [3.8, 4) is 17.2 Å². The summed E-state index contributed by atoms with van der Waals surface area (Å²) in [5.74, 6) is -0.614. The number of benzene rings is 2. The van der Waals surface area contributed by atoms with Gasteiger partial charge in [-0.15, -0.1) is 0 Å². The van der Waals surface area contributed by atoms with Gasteiger partial charge < -0.3 is 24.8 Å². The highest BCUT2D eigenvalue weighted by molar-refractivity contribution is 6.32. The number of hydrogen-bond acceptors (Lipinski definition) is 5. The molecular weight excluding hydrogens is 434 g/mol. The van der Waals surface area contributed by atoms with Gasteiger partial charge in [-0.25, -0.2) is 0 Å². The average Bonchev–Trinajstić information content (AvgIpc) is 2.72. The van der Waals surface area contributed by atoms with E-state index in [0.29, 0.717) is 11.5 Å². The van der Waals surface area contributed by atoms with Gasteiger partial charge in [0.05, 0.1) is 19.2 Å². The molecule has 2 aromatic rings. The summed E-state index contributed by atoms with van der Waals surface area (Å²) in [6, 6.07) is 7.64. The second-order valence-electron chi connectivity index (χ2n) is 6.81. The van der Waals surface area contributed by atoms with Crippen LogP contribution in [0.15, 0.2) is 36.4 Å². The van der Waals surface area contributed by atoms with E-state index in [2.05, 4.69) is 15.4 Å². The molecule has 31 heavy (non-hydrogen) atoms. The summed E-state index contributed by atoms with van der Waals surface area (Å²) in [7, 11) is 2.92. The number of methoxy groups -OCH3 is 2. The van der Waals surface area contributed by atoms with E-state index in [1.807, 2.05) is 0 Å². The van der Waals surface area contributed by atoms with Crippen LogP contribution in [0.25, 0.3) is 0 Å². The molecule has 1 atom stereocenters. The quantitative estimate of drug-likeness (QED) is 0.586. The molecule has 0 radical (unpaired) electrons. The Bertz CT molecular complexity index is 918. The molecule has 168 valence electrons. The number of ether oxygens (including phenoxy) is 3. The zero-order valence-corrected chi connectivity index (χ0v) is 18.1. The van der Waals surface area contributed by atoms with E-state index in [9.17, 15) is 18.4 Å². The van der Waals surface area contributed by atoms with Gasteiger partial charge in [0.1, 0.15) is 23.3 Å². The van der Waals surface area contributed by atoms with Crippen LogP contribution in [0.5, 0.6) is 17.2 Å². The minimum atomic E-state index is -3.02. The molecule has 0 saturated heterocycles. The Morgan fingerprint density at radius 3 is 2.10 bits per heavy atom. The van der Waals surface area contributed by atoms with Crippen LogP contribution in [0, 0.1) is 5.92 Å². The number of amides is 2. The number of nitrogens with one attached hydrogen (secondary N) is 2. The zero-order valence-electron chi connectivity index (χ0n) is 17.4. The lowest BCUT2D eigenvalue weighted by molar-refractivity contribution is -0.118. The molecule has 0 fully saturated rings. The van der Waals surface area contributed by atoms with Crippen LogP contribution in [0.3, 0.4) is 0 Å². The highest BCUT2D eigenvalue weighted by Gasteiger charge is 2.25. The van der Waals surface area contributed by atoms with Crippen LogP contribution in [0.1, 0.15) is 24.2 Å². The van der Waals surface area contributed by atoms with Crippen molar-refractivity contribution in [3.05, 3.63) is 47.0 Å². The van der Waals surface area contributed by atoms with Crippen LogP contribution in [0.4, 0.5) is 14.5 Å². The van der Waals surface area contributed by atoms with Gasteiger partial charge in [0, 0.05) is 17.3 Å². The summed E-state index contributed by atoms with van der Waals surface area (Å²) in [5.41, 5.74) is 0.519. The third-order valence-electron chi connectivity index (χ3n) is 4.26. The van der Waals surface area contributed by atoms with Crippen LogP contribution in [0.2, 0.25) is 5.02 Å². The van der Waals surface area contributed by atoms with Gasteiger partial charge in [0.2, 0.25) is 5.91 Å². The minimum Gasteiger partial charge on any atom is -0.497 e. The van der Waals surface area contributed by atoms with Crippen LogP contribution in [-0.4, -0.2) is 38.7 Å². The lowest BCUT2D eigenvalue weighted by atomic mass is 10.0. The maximum Gasteiger partial charge on any atom is 0.387 e. The molecular formula is C21H23ClF2N2O5. The first kappa shape index (κ1) is 24.2. The molecule has 0 heterocycles. The van der Waals surface area contributed by atoms with Crippen LogP contribution < -0.4 is 24.8 Å². The number of carbonyl (C=O) groups is 2. The topological polar surface area (TPSA) is 85.9 Å².